The van der Waals surface area contributed by atoms with Crippen LogP contribution >= 0.6 is 0 Å². The Kier molecular flexibility index (Phi) is 5.39. The van der Waals surface area contributed by atoms with Gasteiger partial charge >= 0.3 is 5.97 Å². The van der Waals surface area contributed by atoms with E-state index in [1.807, 2.05) is 12.1 Å². The molecular formula is C23H26N2O4. The highest BCUT2D eigenvalue weighted by Crippen LogP contribution is 2.42. The molecule has 152 valence electrons. The van der Waals surface area contributed by atoms with Gasteiger partial charge in [0, 0.05) is 30.1 Å². The van der Waals surface area contributed by atoms with Gasteiger partial charge in [-0.05, 0) is 55.0 Å². The molecule has 2 aromatic rings. The third-order valence-electron chi connectivity index (χ3n) is 6.23. The Morgan fingerprint density at radius 1 is 1.38 bits per heavy atom. The average Bonchev–Trinajstić information content (AvgIpc) is 2.77. The lowest BCUT2D eigenvalue weighted by Crippen LogP contribution is -2.54. The van der Waals surface area contributed by atoms with Crippen LogP contribution in [0.2, 0.25) is 0 Å². The number of hydrogen-bond donors (Lipinski definition) is 1. The van der Waals surface area contributed by atoms with E-state index in [4.69, 9.17) is 9.47 Å². The SMILES string of the molecule is C=CC(=O)Oc1cc([C@@H](O)[C@@H]2CC3CCN2C[C@@H]3C=C)c2cc(OC)ccc2n1. The fraction of sp³-hybridized carbons (Fsp3) is 0.391. The Bertz CT molecular complexity index is 957. The maximum Gasteiger partial charge on any atom is 0.336 e. The van der Waals surface area contributed by atoms with Crippen molar-refractivity contribution in [1.82, 2.24) is 9.88 Å². The second kappa shape index (κ2) is 7.97. The molecule has 3 aliphatic rings. The summed E-state index contributed by atoms with van der Waals surface area (Å²) in [5.41, 5.74) is 1.32. The van der Waals surface area contributed by atoms with Crippen LogP contribution in [0.3, 0.4) is 0 Å². The van der Waals surface area contributed by atoms with Gasteiger partial charge in [0.1, 0.15) is 5.75 Å². The molecule has 5 rings (SSSR count). The van der Waals surface area contributed by atoms with Crippen molar-refractivity contribution in [3.63, 3.8) is 0 Å². The summed E-state index contributed by atoms with van der Waals surface area (Å²) in [5, 5.41) is 12.2. The number of benzene rings is 1. The minimum atomic E-state index is -0.734. The fourth-order valence-electron chi connectivity index (χ4n) is 4.69. The number of methoxy groups -OCH3 is 1. The standard InChI is InChI=1S/C23H26N2O4/c1-4-14-13-25-9-8-15(14)10-20(25)23(27)18-12-21(29-22(26)5-2)24-19-7-6-16(28-3)11-17(18)19/h4-7,11-12,14-15,20,23,27H,1-2,8-10,13H2,3H3/t14-,15?,20-,23+/m0/s1. The number of pyridine rings is 1. The first-order valence-electron chi connectivity index (χ1n) is 9.91. The lowest BCUT2D eigenvalue weighted by atomic mass is 9.73. The van der Waals surface area contributed by atoms with E-state index < -0.39 is 12.1 Å². The van der Waals surface area contributed by atoms with E-state index in [9.17, 15) is 9.90 Å². The first kappa shape index (κ1) is 19.6. The highest BCUT2D eigenvalue weighted by molar-refractivity contribution is 5.87. The van der Waals surface area contributed by atoms with Crippen LogP contribution in [-0.4, -0.2) is 47.2 Å². The molecule has 3 saturated heterocycles. The number of carbonyl (C=O) groups excluding carboxylic acids is 1. The van der Waals surface area contributed by atoms with Gasteiger partial charge in [0.25, 0.3) is 0 Å². The molecule has 0 saturated carbocycles. The van der Waals surface area contributed by atoms with Crippen molar-refractivity contribution in [2.75, 3.05) is 20.2 Å². The summed E-state index contributed by atoms with van der Waals surface area (Å²) in [5.74, 6) is 1.27. The number of hydrogen-bond acceptors (Lipinski definition) is 6. The van der Waals surface area contributed by atoms with Crippen molar-refractivity contribution in [3.8, 4) is 11.6 Å². The molecule has 3 fully saturated rings. The maximum absolute atomic E-state index is 11.7. The van der Waals surface area contributed by atoms with Gasteiger partial charge < -0.3 is 14.6 Å². The summed E-state index contributed by atoms with van der Waals surface area (Å²) in [6.07, 6.45) is 4.44. The Labute approximate surface area is 170 Å². The Hall–Kier alpha value is -2.70. The van der Waals surface area contributed by atoms with Crippen molar-refractivity contribution in [3.05, 3.63) is 55.1 Å². The molecule has 6 nitrogen and oxygen atoms in total. The minimum Gasteiger partial charge on any atom is -0.497 e. The molecule has 1 aromatic carbocycles. The number of ether oxygens (including phenoxy) is 2. The molecule has 2 unspecified atom stereocenters. The van der Waals surface area contributed by atoms with Crippen LogP contribution in [0.1, 0.15) is 24.5 Å². The second-order valence-electron chi connectivity index (χ2n) is 7.75. The van der Waals surface area contributed by atoms with E-state index >= 15 is 0 Å². The van der Waals surface area contributed by atoms with Crippen LogP contribution in [0.4, 0.5) is 0 Å². The number of esters is 1. The van der Waals surface area contributed by atoms with Crippen molar-refractivity contribution in [2.24, 2.45) is 11.8 Å². The van der Waals surface area contributed by atoms with Gasteiger partial charge in [-0.3, -0.25) is 4.90 Å². The lowest BCUT2D eigenvalue weighted by Gasteiger charge is -2.50. The topological polar surface area (TPSA) is 71.9 Å². The Morgan fingerprint density at radius 2 is 2.21 bits per heavy atom. The third kappa shape index (κ3) is 3.66. The van der Waals surface area contributed by atoms with Crippen LogP contribution in [0, 0.1) is 11.8 Å². The van der Waals surface area contributed by atoms with Crippen molar-refractivity contribution < 1.29 is 19.4 Å². The van der Waals surface area contributed by atoms with E-state index in [1.165, 1.54) is 0 Å². The summed E-state index contributed by atoms with van der Waals surface area (Å²) in [4.78, 5) is 18.5. The molecule has 0 radical (unpaired) electrons. The van der Waals surface area contributed by atoms with E-state index in [1.54, 1.807) is 25.3 Å². The predicted molar refractivity (Wildman–Crippen MR) is 111 cm³/mol. The number of nitrogens with zero attached hydrogens (tertiary/aromatic N) is 2. The fourth-order valence-corrected chi connectivity index (χ4v) is 4.69. The molecule has 3 aliphatic heterocycles. The Balaban J connectivity index is 1.75. The number of aromatic nitrogens is 1. The smallest absolute Gasteiger partial charge is 0.336 e. The van der Waals surface area contributed by atoms with Gasteiger partial charge in [0.2, 0.25) is 5.88 Å². The highest BCUT2D eigenvalue weighted by Gasteiger charge is 2.42. The van der Waals surface area contributed by atoms with Gasteiger partial charge in [-0.25, -0.2) is 9.78 Å². The van der Waals surface area contributed by atoms with Gasteiger partial charge in [-0.15, -0.1) is 6.58 Å². The number of fused-ring (bicyclic) bond motifs is 4. The molecule has 0 spiro atoms. The monoisotopic (exact) mass is 394 g/mol. The van der Waals surface area contributed by atoms with Crippen LogP contribution in [0.25, 0.3) is 10.9 Å². The predicted octanol–water partition coefficient (Wildman–Crippen LogP) is 3.26. The summed E-state index contributed by atoms with van der Waals surface area (Å²) < 4.78 is 10.6. The van der Waals surface area contributed by atoms with E-state index in [0.717, 1.165) is 37.4 Å². The van der Waals surface area contributed by atoms with Gasteiger partial charge in [-0.1, -0.05) is 12.7 Å². The third-order valence-corrected chi connectivity index (χ3v) is 6.23. The minimum absolute atomic E-state index is 0.00436. The number of carbonyl (C=O) groups is 1. The maximum atomic E-state index is 11.7. The van der Waals surface area contributed by atoms with Crippen LogP contribution in [0.5, 0.6) is 11.6 Å². The quantitative estimate of drug-likeness (QED) is 0.461. The van der Waals surface area contributed by atoms with Crippen LogP contribution in [0.15, 0.2) is 49.6 Å². The first-order valence-corrected chi connectivity index (χ1v) is 9.91. The zero-order chi connectivity index (χ0) is 20.5. The largest absolute Gasteiger partial charge is 0.497 e. The molecular weight excluding hydrogens is 368 g/mol. The molecule has 0 aliphatic carbocycles. The normalized spacial score (nSPS) is 26.7. The number of aliphatic hydroxyl groups excluding tert-OH is 1. The number of rotatable bonds is 6. The molecule has 1 N–H and O–H groups in total. The summed E-state index contributed by atoms with van der Waals surface area (Å²) in [7, 11) is 1.60. The summed E-state index contributed by atoms with van der Waals surface area (Å²) in [6, 6.07) is 7.12. The summed E-state index contributed by atoms with van der Waals surface area (Å²) in [6.45, 7) is 9.29. The number of aliphatic hydroxyl groups is 1. The van der Waals surface area contributed by atoms with Crippen LogP contribution < -0.4 is 9.47 Å². The van der Waals surface area contributed by atoms with Crippen LogP contribution in [-0.2, 0) is 4.79 Å². The van der Waals surface area contributed by atoms with Gasteiger partial charge in [-0.2, -0.15) is 0 Å². The van der Waals surface area contributed by atoms with Crippen molar-refractivity contribution in [1.29, 1.82) is 0 Å². The zero-order valence-electron chi connectivity index (χ0n) is 16.6. The molecule has 0 amide bonds. The lowest BCUT2D eigenvalue weighted by molar-refractivity contribution is -0.129. The molecule has 4 heterocycles. The summed E-state index contributed by atoms with van der Waals surface area (Å²) >= 11 is 0. The van der Waals surface area contributed by atoms with Gasteiger partial charge in [0.05, 0.1) is 18.7 Å². The molecule has 2 bridgehead atoms. The second-order valence-corrected chi connectivity index (χ2v) is 7.75. The van der Waals surface area contributed by atoms with E-state index in [-0.39, 0.29) is 11.9 Å². The van der Waals surface area contributed by atoms with Crippen molar-refractivity contribution >= 4 is 16.9 Å². The molecule has 5 atom stereocenters. The van der Waals surface area contributed by atoms with Gasteiger partial charge in [0.15, 0.2) is 0 Å². The van der Waals surface area contributed by atoms with E-state index in [0.29, 0.717) is 28.7 Å². The molecule has 29 heavy (non-hydrogen) atoms. The first-order chi connectivity index (χ1) is 14.0. The molecule has 6 heteroatoms. The van der Waals surface area contributed by atoms with E-state index in [2.05, 4.69) is 23.0 Å². The zero-order valence-corrected chi connectivity index (χ0v) is 16.6. The Morgan fingerprint density at radius 3 is 2.86 bits per heavy atom. The highest BCUT2D eigenvalue weighted by atomic mass is 16.5. The average molecular weight is 394 g/mol. The number of piperidine rings is 3. The molecule has 1 aromatic heterocycles. The van der Waals surface area contributed by atoms with Crippen molar-refractivity contribution in [2.45, 2.75) is 25.0 Å².